The van der Waals surface area contributed by atoms with Gasteiger partial charge in [-0.3, -0.25) is 13.9 Å². The molecule has 9 nitrogen and oxygen atoms in total. The first-order valence-corrected chi connectivity index (χ1v) is 14.9. The van der Waals surface area contributed by atoms with Crippen LogP contribution in [0, 0.1) is 13.8 Å². The first-order chi connectivity index (χ1) is 19.5. The number of methoxy groups -OCH3 is 2. The molecule has 2 amide bonds. The van der Waals surface area contributed by atoms with Gasteiger partial charge in [-0.15, -0.1) is 0 Å². The zero-order valence-corrected chi connectivity index (χ0v) is 25.3. The van der Waals surface area contributed by atoms with E-state index < -0.39 is 28.5 Å². The van der Waals surface area contributed by atoms with Crippen molar-refractivity contribution in [1.29, 1.82) is 0 Å². The van der Waals surface area contributed by atoms with Crippen LogP contribution in [0.2, 0.25) is 0 Å². The molecule has 0 aliphatic rings. The van der Waals surface area contributed by atoms with Crippen molar-refractivity contribution in [1.82, 2.24) is 10.2 Å². The summed E-state index contributed by atoms with van der Waals surface area (Å²) in [7, 11) is -1.35. The minimum atomic E-state index is -4.25. The van der Waals surface area contributed by atoms with Gasteiger partial charge < -0.3 is 19.7 Å². The molecular formula is C31H39N3O6S. The van der Waals surface area contributed by atoms with E-state index in [2.05, 4.69) is 5.32 Å². The number of hydrogen-bond acceptors (Lipinski definition) is 6. The Hall–Kier alpha value is -4.05. The van der Waals surface area contributed by atoms with Crippen LogP contribution in [0.15, 0.2) is 71.6 Å². The minimum absolute atomic E-state index is 0.0137. The molecule has 0 aromatic heterocycles. The monoisotopic (exact) mass is 581 g/mol. The number of hydrogen-bond donors (Lipinski definition) is 1. The van der Waals surface area contributed by atoms with Gasteiger partial charge in [-0.25, -0.2) is 8.42 Å². The highest BCUT2D eigenvalue weighted by Gasteiger charge is 2.34. The lowest BCUT2D eigenvalue weighted by molar-refractivity contribution is -0.139. The Morgan fingerprint density at radius 3 is 2.24 bits per heavy atom. The molecule has 0 aliphatic heterocycles. The fourth-order valence-corrected chi connectivity index (χ4v) is 5.74. The number of aryl methyl sites for hydroxylation is 2. The molecule has 10 heteroatoms. The largest absolute Gasteiger partial charge is 0.497 e. The highest BCUT2D eigenvalue weighted by molar-refractivity contribution is 7.92. The van der Waals surface area contributed by atoms with E-state index >= 15 is 0 Å². The molecular weight excluding hydrogens is 542 g/mol. The summed E-state index contributed by atoms with van der Waals surface area (Å²) in [5, 5.41) is 2.84. The molecule has 0 saturated heterocycles. The average molecular weight is 582 g/mol. The number of benzene rings is 3. The molecule has 1 N–H and O–H groups in total. The summed E-state index contributed by atoms with van der Waals surface area (Å²) in [6.07, 6.45) is 0.739. The Bertz CT molecular complexity index is 1460. The van der Waals surface area contributed by atoms with Crippen molar-refractivity contribution in [2.24, 2.45) is 0 Å². The number of carbonyl (C=O) groups is 2. The van der Waals surface area contributed by atoms with E-state index in [0.29, 0.717) is 12.3 Å². The van der Waals surface area contributed by atoms with Crippen molar-refractivity contribution in [3.8, 4) is 11.5 Å². The number of anilines is 1. The van der Waals surface area contributed by atoms with Gasteiger partial charge >= 0.3 is 0 Å². The van der Waals surface area contributed by atoms with Crippen molar-refractivity contribution < 1.29 is 27.5 Å². The predicted octanol–water partition coefficient (Wildman–Crippen LogP) is 4.46. The van der Waals surface area contributed by atoms with E-state index in [1.807, 2.05) is 45.0 Å². The van der Waals surface area contributed by atoms with Crippen LogP contribution in [0.3, 0.4) is 0 Å². The molecule has 0 radical (unpaired) electrons. The summed E-state index contributed by atoms with van der Waals surface area (Å²) >= 11 is 0. The maximum absolute atomic E-state index is 14.1. The highest BCUT2D eigenvalue weighted by Crippen LogP contribution is 2.36. The van der Waals surface area contributed by atoms with Crippen molar-refractivity contribution in [3.05, 3.63) is 83.4 Å². The Morgan fingerprint density at radius 1 is 0.927 bits per heavy atom. The average Bonchev–Trinajstić information content (AvgIpc) is 2.96. The van der Waals surface area contributed by atoms with Crippen LogP contribution in [-0.4, -0.2) is 58.5 Å². The van der Waals surface area contributed by atoms with E-state index in [4.69, 9.17) is 9.47 Å². The van der Waals surface area contributed by atoms with Gasteiger partial charge in [-0.05, 0) is 57.0 Å². The van der Waals surface area contributed by atoms with E-state index in [-0.39, 0.29) is 28.8 Å². The Kier molecular flexibility index (Phi) is 10.8. The van der Waals surface area contributed by atoms with Gasteiger partial charge in [0.15, 0.2) is 0 Å². The molecule has 0 spiro atoms. The molecule has 41 heavy (non-hydrogen) atoms. The number of ether oxygens (including phenoxy) is 2. The fourth-order valence-electron chi connectivity index (χ4n) is 4.33. The van der Waals surface area contributed by atoms with Gasteiger partial charge in [-0.2, -0.15) is 0 Å². The summed E-state index contributed by atoms with van der Waals surface area (Å²) in [6, 6.07) is 17.9. The fraction of sp³-hybridized carbons (Fsp3) is 0.355. The molecule has 0 aliphatic carbocycles. The molecule has 1 unspecified atom stereocenters. The number of sulfonamides is 1. The minimum Gasteiger partial charge on any atom is -0.497 e. The smallest absolute Gasteiger partial charge is 0.264 e. The third-order valence-electron chi connectivity index (χ3n) is 6.69. The molecule has 1 atom stereocenters. The van der Waals surface area contributed by atoms with E-state index in [1.54, 1.807) is 31.2 Å². The van der Waals surface area contributed by atoms with Crippen LogP contribution in [0.4, 0.5) is 5.69 Å². The summed E-state index contributed by atoms with van der Waals surface area (Å²) in [6.45, 7) is 7.39. The van der Waals surface area contributed by atoms with Gasteiger partial charge in [0.25, 0.3) is 10.0 Å². The van der Waals surface area contributed by atoms with Gasteiger partial charge in [0.2, 0.25) is 11.8 Å². The van der Waals surface area contributed by atoms with Crippen LogP contribution in [0.5, 0.6) is 11.5 Å². The number of carbonyl (C=O) groups excluding carboxylic acids is 2. The Morgan fingerprint density at radius 2 is 1.63 bits per heavy atom. The molecule has 220 valence electrons. The van der Waals surface area contributed by atoms with E-state index in [0.717, 1.165) is 27.4 Å². The topological polar surface area (TPSA) is 105 Å². The summed E-state index contributed by atoms with van der Waals surface area (Å²) in [5.41, 5.74) is 2.85. The zero-order chi connectivity index (χ0) is 30.2. The molecule has 0 saturated carbocycles. The second kappa shape index (κ2) is 14.0. The van der Waals surface area contributed by atoms with Crippen LogP contribution >= 0.6 is 0 Å². The standard InChI is InChI=1S/C31H39N3O6S/c1-7-17-32-31(36)24(4)33(20-25-10-8-9-23(3)18-25)30(35)21-34(28-19-26(39-5)13-16-29(28)40-6)41(37,38)27-14-11-22(2)12-15-27/h8-16,18-19,24H,7,17,20-21H2,1-6H3,(H,32,36). The van der Waals surface area contributed by atoms with Gasteiger partial charge in [0, 0.05) is 19.2 Å². The lowest BCUT2D eigenvalue weighted by atomic mass is 10.1. The van der Waals surface area contributed by atoms with Gasteiger partial charge in [0.1, 0.15) is 24.1 Å². The highest BCUT2D eigenvalue weighted by atomic mass is 32.2. The maximum Gasteiger partial charge on any atom is 0.264 e. The second-order valence-corrected chi connectivity index (χ2v) is 11.7. The van der Waals surface area contributed by atoms with Crippen molar-refractivity contribution in [2.45, 2.75) is 51.6 Å². The molecule has 3 rings (SSSR count). The molecule has 0 heterocycles. The third kappa shape index (κ3) is 7.79. The van der Waals surface area contributed by atoms with Crippen LogP contribution < -0.4 is 19.1 Å². The van der Waals surface area contributed by atoms with Crippen molar-refractivity contribution in [2.75, 3.05) is 31.6 Å². The van der Waals surface area contributed by atoms with E-state index in [9.17, 15) is 18.0 Å². The lowest BCUT2D eigenvalue weighted by Crippen LogP contribution is -2.51. The van der Waals surface area contributed by atoms with Gasteiger partial charge in [0.05, 0.1) is 24.8 Å². The van der Waals surface area contributed by atoms with Gasteiger partial charge in [-0.1, -0.05) is 54.4 Å². The Balaban J connectivity index is 2.11. The summed E-state index contributed by atoms with van der Waals surface area (Å²) in [5.74, 6) is -0.236. The molecule has 0 bridgehead atoms. The van der Waals surface area contributed by atoms with E-state index in [1.165, 1.54) is 37.3 Å². The Labute approximate surface area is 243 Å². The SMILES string of the molecule is CCCNC(=O)C(C)N(Cc1cccc(C)c1)C(=O)CN(c1cc(OC)ccc1OC)S(=O)(=O)c1ccc(C)cc1. The number of rotatable bonds is 13. The quantitative estimate of drug-likeness (QED) is 0.320. The number of amides is 2. The second-order valence-electron chi connectivity index (χ2n) is 9.84. The maximum atomic E-state index is 14.1. The number of nitrogens with zero attached hydrogens (tertiary/aromatic N) is 2. The number of nitrogens with one attached hydrogen (secondary N) is 1. The van der Waals surface area contributed by atoms with Crippen molar-refractivity contribution in [3.63, 3.8) is 0 Å². The van der Waals surface area contributed by atoms with Crippen molar-refractivity contribution >= 4 is 27.5 Å². The lowest BCUT2D eigenvalue weighted by Gasteiger charge is -2.32. The first-order valence-electron chi connectivity index (χ1n) is 13.5. The van der Waals surface area contributed by atoms with Crippen LogP contribution in [0.25, 0.3) is 0 Å². The zero-order valence-electron chi connectivity index (χ0n) is 24.5. The molecule has 0 fully saturated rings. The predicted molar refractivity (Wildman–Crippen MR) is 160 cm³/mol. The summed E-state index contributed by atoms with van der Waals surface area (Å²) in [4.78, 5) is 28.5. The molecule has 3 aromatic rings. The molecule has 3 aromatic carbocycles. The normalized spacial score (nSPS) is 11.9. The first kappa shape index (κ1) is 31.5. The third-order valence-corrected chi connectivity index (χ3v) is 8.47. The van der Waals surface area contributed by atoms with Crippen LogP contribution in [0.1, 0.15) is 37.0 Å². The van der Waals surface area contributed by atoms with Crippen LogP contribution in [-0.2, 0) is 26.2 Å². The summed E-state index contributed by atoms with van der Waals surface area (Å²) < 4.78 is 40.1.